The molecule has 0 unspecified atom stereocenters. The molecule has 1 saturated heterocycles. The second-order valence-corrected chi connectivity index (χ2v) is 8.94. The van der Waals surface area contributed by atoms with Crippen molar-refractivity contribution in [3.8, 4) is 0 Å². The van der Waals surface area contributed by atoms with Crippen LogP contribution in [0.5, 0.6) is 0 Å². The highest BCUT2D eigenvalue weighted by Gasteiger charge is 2.43. The molecule has 0 spiro atoms. The Bertz CT molecular complexity index is 937. The lowest BCUT2D eigenvalue weighted by Gasteiger charge is -2.32. The molecule has 2 heterocycles. The summed E-state index contributed by atoms with van der Waals surface area (Å²) in [5.74, 6) is 1.63. The summed E-state index contributed by atoms with van der Waals surface area (Å²) in [6, 6.07) is 4.55. The van der Waals surface area contributed by atoms with Crippen molar-refractivity contribution >= 4 is 23.5 Å². The number of nitrogens with zero attached hydrogens (tertiary/aromatic N) is 4. The second kappa shape index (κ2) is 10.1. The minimum absolute atomic E-state index is 0.0179. The van der Waals surface area contributed by atoms with Crippen molar-refractivity contribution in [2.75, 3.05) is 38.8 Å². The number of hydrogen-bond donors (Lipinski definition) is 0. The van der Waals surface area contributed by atoms with Crippen molar-refractivity contribution in [3.63, 3.8) is 0 Å². The molecule has 2 fully saturated rings. The molecule has 2 aromatic rings. The van der Waals surface area contributed by atoms with E-state index in [0.29, 0.717) is 41.6 Å². The number of benzene rings is 1. The zero-order valence-electron chi connectivity index (χ0n) is 18.3. The molecule has 9 heteroatoms. The number of carbonyl (C=O) groups excluding carboxylic acids is 1. The molecule has 0 radical (unpaired) electrons. The molecule has 4 rings (SSSR count). The summed E-state index contributed by atoms with van der Waals surface area (Å²) >= 11 is 5.87. The Kier molecular flexibility index (Phi) is 7.23. The van der Waals surface area contributed by atoms with E-state index in [1.54, 1.807) is 18.5 Å². The molecule has 32 heavy (non-hydrogen) atoms. The van der Waals surface area contributed by atoms with Gasteiger partial charge in [-0.3, -0.25) is 9.63 Å². The third-order valence-corrected chi connectivity index (χ3v) is 6.63. The first-order valence-corrected chi connectivity index (χ1v) is 11.2. The first-order chi connectivity index (χ1) is 15.5. The van der Waals surface area contributed by atoms with Crippen molar-refractivity contribution in [3.05, 3.63) is 52.6 Å². The van der Waals surface area contributed by atoms with Crippen LogP contribution in [-0.4, -0.2) is 54.8 Å². The minimum atomic E-state index is -0.569. The molecule has 1 aromatic carbocycles. The highest BCUT2D eigenvalue weighted by atomic mass is 35.5. The Hall–Kier alpha value is -2.29. The molecular weight excluding hydrogens is 435 g/mol. The van der Waals surface area contributed by atoms with Gasteiger partial charge in [0.15, 0.2) is 0 Å². The number of piperidine rings is 1. The highest BCUT2D eigenvalue weighted by Crippen LogP contribution is 2.48. The number of halogens is 2. The Morgan fingerprint density at radius 2 is 2.00 bits per heavy atom. The van der Waals surface area contributed by atoms with Crippen LogP contribution in [0, 0.1) is 23.6 Å². The van der Waals surface area contributed by atoms with Crippen LogP contribution >= 0.6 is 11.6 Å². The fourth-order valence-corrected chi connectivity index (χ4v) is 4.54. The van der Waals surface area contributed by atoms with E-state index in [2.05, 4.69) is 14.9 Å². The van der Waals surface area contributed by atoms with Gasteiger partial charge in [-0.25, -0.2) is 19.4 Å². The summed E-state index contributed by atoms with van der Waals surface area (Å²) in [6.07, 6.45) is 6.72. The SMILES string of the molecule is CON(C)C(=O)c1ccc(COC[C@@H]2C[C@@H]2C2CCN(c3ncc(Cl)cn3)CC2)cc1F. The van der Waals surface area contributed by atoms with E-state index in [4.69, 9.17) is 21.2 Å². The quantitative estimate of drug-likeness (QED) is 0.553. The molecule has 1 amide bonds. The predicted octanol–water partition coefficient (Wildman–Crippen LogP) is 3.97. The van der Waals surface area contributed by atoms with Gasteiger partial charge in [0, 0.05) is 20.1 Å². The van der Waals surface area contributed by atoms with Gasteiger partial charge in [-0.2, -0.15) is 0 Å². The number of hydroxylamine groups is 2. The Morgan fingerprint density at radius 1 is 1.28 bits per heavy atom. The fourth-order valence-electron chi connectivity index (χ4n) is 4.44. The lowest BCUT2D eigenvalue weighted by Crippen LogP contribution is -2.35. The number of amides is 1. The summed E-state index contributed by atoms with van der Waals surface area (Å²) in [7, 11) is 2.81. The van der Waals surface area contributed by atoms with Gasteiger partial charge in [0.05, 0.1) is 43.3 Å². The highest BCUT2D eigenvalue weighted by molar-refractivity contribution is 6.30. The Morgan fingerprint density at radius 3 is 2.66 bits per heavy atom. The van der Waals surface area contributed by atoms with Crippen LogP contribution < -0.4 is 4.90 Å². The van der Waals surface area contributed by atoms with Gasteiger partial charge in [-0.15, -0.1) is 0 Å². The summed E-state index contributed by atoms with van der Waals surface area (Å²) in [4.78, 5) is 27.7. The van der Waals surface area contributed by atoms with Crippen molar-refractivity contribution in [2.45, 2.75) is 25.9 Å². The van der Waals surface area contributed by atoms with Gasteiger partial charge >= 0.3 is 0 Å². The van der Waals surface area contributed by atoms with Crippen LogP contribution in [0.1, 0.15) is 35.2 Å². The van der Waals surface area contributed by atoms with Crippen LogP contribution in [-0.2, 0) is 16.2 Å². The number of ether oxygens (including phenoxy) is 1. The standard InChI is InChI=1S/C23H28ClFN4O3/c1-28(31-2)22(30)19-4-3-15(9-21(19)25)13-32-14-17-10-20(17)16-5-7-29(8-6-16)23-26-11-18(24)12-27-23/h3-4,9,11-12,16-17,20H,5-8,10,13-14H2,1-2H3/t17-,20+/m0/s1. The van der Waals surface area contributed by atoms with Crippen LogP contribution in [0.2, 0.25) is 5.02 Å². The van der Waals surface area contributed by atoms with Gasteiger partial charge < -0.3 is 9.64 Å². The maximum absolute atomic E-state index is 14.3. The molecule has 1 aromatic heterocycles. The van der Waals surface area contributed by atoms with Gasteiger partial charge in [0.1, 0.15) is 5.82 Å². The number of anilines is 1. The molecule has 0 N–H and O–H groups in total. The minimum Gasteiger partial charge on any atom is -0.376 e. The molecule has 2 atom stereocenters. The maximum Gasteiger partial charge on any atom is 0.280 e. The molecular formula is C23H28ClFN4O3. The summed E-state index contributed by atoms with van der Waals surface area (Å²) in [5, 5.41) is 1.55. The number of carbonyl (C=O) groups is 1. The number of aromatic nitrogens is 2. The van der Waals surface area contributed by atoms with Gasteiger partial charge in [0.25, 0.3) is 5.91 Å². The van der Waals surface area contributed by atoms with Crippen molar-refractivity contribution in [1.82, 2.24) is 15.0 Å². The Balaban J connectivity index is 1.19. The van der Waals surface area contributed by atoms with Gasteiger partial charge in [-0.1, -0.05) is 17.7 Å². The molecule has 0 bridgehead atoms. The topological polar surface area (TPSA) is 67.8 Å². The van der Waals surface area contributed by atoms with E-state index in [-0.39, 0.29) is 5.56 Å². The van der Waals surface area contributed by atoms with Crippen molar-refractivity contribution < 1.29 is 18.8 Å². The molecule has 7 nitrogen and oxygen atoms in total. The van der Waals surface area contributed by atoms with Gasteiger partial charge in [0.2, 0.25) is 5.95 Å². The van der Waals surface area contributed by atoms with E-state index in [0.717, 1.165) is 36.9 Å². The average Bonchev–Trinajstić information content (AvgIpc) is 3.58. The normalized spacial score (nSPS) is 20.9. The van der Waals surface area contributed by atoms with Crippen LogP contribution in [0.4, 0.5) is 10.3 Å². The van der Waals surface area contributed by atoms with E-state index in [1.807, 2.05) is 0 Å². The summed E-state index contributed by atoms with van der Waals surface area (Å²) in [6.45, 7) is 2.93. The van der Waals surface area contributed by atoms with E-state index in [9.17, 15) is 9.18 Å². The average molecular weight is 463 g/mol. The smallest absolute Gasteiger partial charge is 0.280 e. The van der Waals surface area contributed by atoms with Crippen molar-refractivity contribution in [2.24, 2.45) is 17.8 Å². The zero-order valence-corrected chi connectivity index (χ0v) is 19.1. The molecule has 1 saturated carbocycles. The predicted molar refractivity (Wildman–Crippen MR) is 119 cm³/mol. The molecule has 1 aliphatic heterocycles. The van der Waals surface area contributed by atoms with Gasteiger partial charge in [-0.05, 0) is 54.7 Å². The Labute approximate surface area is 192 Å². The molecule has 172 valence electrons. The first-order valence-electron chi connectivity index (χ1n) is 10.9. The van der Waals surface area contributed by atoms with E-state index >= 15 is 0 Å². The first kappa shape index (κ1) is 22.9. The van der Waals surface area contributed by atoms with Crippen LogP contribution in [0.3, 0.4) is 0 Å². The zero-order chi connectivity index (χ0) is 22.7. The molecule has 2 aliphatic rings. The largest absolute Gasteiger partial charge is 0.376 e. The second-order valence-electron chi connectivity index (χ2n) is 8.50. The summed E-state index contributed by atoms with van der Waals surface area (Å²) < 4.78 is 20.2. The third-order valence-electron chi connectivity index (χ3n) is 6.44. The van der Waals surface area contributed by atoms with E-state index in [1.165, 1.54) is 32.7 Å². The molecule has 1 aliphatic carbocycles. The monoisotopic (exact) mass is 462 g/mol. The number of rotatable bonds is 8. The summed E-state index contributed by atoms with van der Waals surface area (Å²) in [5.41, 5.74) is 0.697. The lowest BCUT2D eigenvalue weighted by molar-refractivity contribution is -0.0759. The third kappa shape index (κ3) is 5.36. The van der Waals surface area contributed by atoms with Crippen LogP contribution in [0.25, 0.3) is 0 Å². The lowest BCUT2D eigenvalue weighted by atomic mass is 9.91. The fraction of sp³-hybridized carbons (Fsp3) is 0.522. The number of hydrogen-bond acceptors (Lipinski definition) is 6. The van der Waals surface area contributed by atoms with Crippen LogP contribution in [0.15, 0.2) is 30.6 Å². The van der Waals surface area contributed by atoms with E-state index < -0.39 is 11.7 Å². The van der Waals surface area contributed by atoms with Crippen molar-refractivity contribution in [1.29, 1.82) is 0 Å². The maximum atomic E-state index is 14.3.